The van der Waals surface area contributed by atoms with Crippen LogP contribution in [0.3, 0.4) is 0 Å². The number of nitrogens with one attached hydrogen (secondary N) is 2. The van der Waals surface area contributed by atoms with Gasteiger partial charge in [0.1, 0.15) is 11.4 Å². The first-order chi connectivity index (χ1) is 16.9. The second-order valence-electron chi connectivity index (χ2n) is 7.76. The smallest absolute Gasteiger partial charge is 0.322 e. The number of H-pyrrole nitrogens is 1. The topological polar surface area (TPSA) is 127 Å². The van der Waals surface area contributed by atoms with E-state index < -0.39 is 23.0 Å². The summed E-state index contributed by atoms with van der Waals surface area (Å²) in [5.41, 5.74) is 0.870. The van der Waals surface area contributed by atoms with Crippen molar-refractivity contribution in [1.29, 1.82) is 0 Å². The van der Waals surface area contributed by atoms with Crippen LogP contribution in [0.4, 0.5) is 10.1 Å². The minimum atomic E-state index is -0.826. The molecule has 174 valence electrons. The first-order valence-corrected chi connectivity index (χ1v) is 10.6. The Hall–Kier alpha value is -4.93. The van der Waals surface area contributed by atoms with Crippen LogP contribution in [0.5, 0.6) is 0 Å². The molecule has 5 aromatic rings. The van der Waals surface area contributed by atoms with Crippen LogP contribution in [0.25, 0.3) is 16.9 Å². The number of anilines is 1. The molecule has 10 nitrogen and oxygen atoms in total. The van der Waals surface area contributed by atoms with E-state index in [1.165, 1.54) is 18.2 Å². The molecule has 0 aliphatic carbocycles. The van der Waals surface area contributed by atoms with E-state index in [1.807, 2.05) is 6.07 Å². The molecule has 2 N–H and O–H groups in total. The highest BCUT2D eigenvalue weighted by Gasteiger charge is 2.16. The van der Waals surface area contributed by atoms with Crippen LogP contribution >= 0.6 is 0 Å². The van der Waals surface area contributed by atoms with Crippen LogP contribution < -0.4 is 16.6 Å². The summed E-state index contributed by atoms with van der Waals surface area (Å²) in [6, 6.07) is 16.3. The molecule has 0 fully saturated rings. The number of halogens is 1. The van der Waals surface area contributed by atoms with E-state index in [2.05, 4.69) is 25.6 Å². The van der Waals surface area contributed by atoms with Crippen LogP contribution in [0.1, 0.15) is 21.7 Å². The molecule has 3 aromatic heterocycles. The molecular formula is C24H18FN7O3. The number of aryl methyl sites for hydroxylation is 1. The molecule has 5 rings (SSSR count). The molecule has 3 heterocycles. The molecule has 35 heavy (non-hydrogen) atoms. The highest BCUT2D eigenvalue weighted by atomic mass is 19.1. The lowest BCUT2D eigenvalue weighted by atomic mass is 10.1. The van der Waals surface area contributed by atoms with Gasteiger partial charge in [-0.1, -0.05) is 30.3 Å². The quantitative estimate of drug-likeness (QED) is 0.405. The predicted octanol–water partition coefficient (Wildman–Crippen LogP) is 2.39. The second-order valence-corrected chi connectivity index (χ2v) is 7.76. The van der Waals surface area contributed by atoms with Crippen LogP contribution in [-0.2, 0) is 6.54 Å². The lowest BCUT2D eigenvalue weighted by Crippen LogP contribution is -2.39. The van der Waals surface area contributed by atoms with E-state index >= 15 is 0 Å². The summed E-state index contributed by atoms with van der Waals surface area (Å²) in [6.45, 7) is 1.50. The Bertz CT molecular complexity index is 1690. The van der Waals surface area contributed by atoms with Crippen molar-refractivity contribution >= 4 is 17.2 Å². The van der Waals surface area contributed by atoms with Crippen LogP contribution in [-0.4, -0.2) is 35.3 Å². The third-order valence-electron chi connectivity index (χ3n) is 5.45. The van der Waals surface area contributed by atoms with E-state index in [0.29, 0.717) is 22.9 Å². The Morgan fingerprint density at radius 3 is 2.57 bits per heavy atom. The van der Waals surface area contributed by atoms with E-state index in [1.54, 1.807) is 47.8 Å². The Labute approximate surface area is 196 Å². The van der Waals surface area contributed by atoms with Gasteiger partial charge in [0.15, 0.2) is 11.5 Å². The van der Waals surface area contributed by atoms with Crippen LogP contribution in [0, 0.1) is 12.7 Å². The number of carbonyl (C=O) groups is 1. The van der Waals surface area contributed by atoms with Crippen LogP contribution in [0.2, 0.25) is 0 Å². The number of aromatic amines is 1. The van der Waals surface area contributed by atoms with Crippen molar-refractivity contribution in [3.8, 4) is 11.3 Å². The zero-order valence-corrected chi connectivity index (χ0v) is 18.4. The first-order valence-electron chi connectivity index (χ1n) is 10.6. The predicted molar refractivity (Wildman–Crippen MR) is 126 cm³/mol. The standard InChI is InChI=1S/C24H18FN7O3/c1-14-28-29-21-11-10-20(30-32(14)21)15-6-8-17(9-7-15)27-22(33)18-12-26-24(35)31(23(18)34)13-16-4-2-3-5-19(16)25/h2-12H,13H2,1H3,(H,26,35)(H,27,33). The molecule has 0 saturated heterocycles. The van der Waals surface area contributed by atoms with E-state index in [4.69, 9.17) is 0 Å². The summed E-state index contributed by atoms with van der Waals surface area (Å²) in [4.78, 5) is 40.2. The average Bonchev–Trinajstić information content (AvgIpc) is 3.23. The molecule has 0 radical (unpaired) electrons. The minimum Gasteiger partial charge on any atom is -0.322 e. The van der Waals surface area contributed by atoms with Crippen molar-refractivity contribution < 1.29 is 9.18 Å². The number of aromatic nitrogens is 6. The molecule has 2 aromatic carbocycles. The summed E-state index contributed by atoms with van der Waals surface area (Å²) in [5.74, 6) is -0.602. The van der Waals surface area contributed by atoms with E-state index in [-0.39, 0.29) is 17.7 Å². The maximum atomic E-state index is 14.0. The largest absolute Gasteiger partial charge is 0.328 e. The van der Waals surface area contributed by atoms with Gasteiger partial charge in [0.05, 0.1) is 12.2 Å². The van der Waals surface area contributed by atoms with Gasteiger partial charge >= 0.3 is 5.69 Å². The number of carbonyl (C=O) groups excluding carboxylic acids is 1. The number of benzene rings is 2. The molecule has 11 heteroatoms. The second kappa shape index (κ2) is 8.78. The fraction of sp³-hybridized carbons (Fsp3) is 0.0833. The Balaban J connectivity index is 1.37. The van der Waals surface area contributed by atoms with Gasteiger partial charge in [0, 0.05) is 23.0 Å². The highest BCUT2D eigenvalue weighted by Crippen LogP contribution is 2.20. The maximum Gasteiger partial charge on any atom is 0.328 e. The van der Waals surface area contributed by atoms with Gasteiger partial charge in [-0.15, -0.1) is 10.2 Å². The third kappa shape index (κ3) is 4.22. The monoisotopic (exact) mass is 471 g/mol. The van der Waals surface area contributed by atoms with Crippen molar-refractivity contribution in [3.63, 3.8) is 0 Å². The number of fused-ring (bicyclic) bond motifs is 1. The van der Waals surface area contributed by atoms with Crippen LogP contribution in [0.15, 0.2) is 76.4 Å². The lowest BCUT2D eigenvalue weighted by Gasteiger charge is -2.09. The lowest BCUT2D eigenvalue weighted by molar-refractivity contribution is 0.102. The molecule has 0 atom stereocenters. The summed E-state index contributed by atoms with van der Waals surface area (Å²) >= 11 is 0. The average molecular weight is 471 g/mol. The molecule has 0 spiro atoms. The summed E-state index contributed by atoms with van der Waals surface area (Å²) in [6.07, 6.45) is 1.05. The summed E-state index contributed by atoms with van der Waals surface area (Å²) in [7, 11) is 0. The van der Waals surface area contributed by atoms with Crippen molar-refractivity contribution in [2.24, 2.45) is 0 Å². The van der Waals surface area contributed by atoms with E-state index in [9.17, 15) is 18.8 Å². The van der Waals surface area contributed by atoms with Gasteiger partial charge in [-0.25, -0.2) is 9.18 Å². The summed E-state index contributed by atoms with van der Waals surface area (Å²) in [5, 5.41) is 15.2. The van der Waals surface area contributed by atoms with Gasteiger partial charge in [-0.3, -0.25) is 14.2 Å². The van der Waals surface area contributed by atoms with Gasteiger partial charge in [0.2, 0.25) is 0 Å². The Morgan fingerprint density at radius 1 is 1.03 bits per heavy atom. The normalized spacial score (nSPS) is 11.0. The number of rotatable bonds is 5. The number of amides is 1. The summed E-state index contributed by atoms with van der Waals surface area (Å²) < 4.78 is 16.4. The molecule has 0 aliphatic heterocycles. The molecule has 0 saturated carbocycles. The zero-order chi connectivity index (χ0) is 24.5. The fourth-order valence-corrected chi connectivity index (χ4v) is 3.59. The third-order valence-corrected chi connectivity index (χ3v) is 5.45. The van der Waals surface area contributed by atoms with Crippen molar-refractivity contribution in [1.82, 2.24) is 29.4 Å². The highest BCUT2D eigenvalue weighted by molar-refractivity contribution is 6.03. The Kier molecular flexibility index (Phi) is 5.49. The van der Waals surface area contributed by atoms with Crippen molar-refractivity contribution in [3.05, 3.63) is 110 Å². The van der Waals surface area contributed by atoms with Crippen molar-refractivity contribution in [2.75, 3.05) is 5.32 Å². The first kappa shape index (κ1) is 21.9. The molecular weight excluding hydrogens is 453 g/mol. The van der Waals surface area contributed by atoms with Gasteiger partial charge < -0.3 is 10.3 Å². The number of nitrogens with zero attached hydrogens (tertiary/aromatic N) is 5. The molecule has 0 unspecified atom stereocenters. The molecule has 0 bridgehead atoms. The van der Waals surface area contributed by atoms with E-state index in [0.717, 1.165) is 16.3 Å². The number of hydrogen-bond donors (Lipinski definition) is 2. The number of hydrogen-bond acceptors (Lipinski definition) is 6. The zero-order valence-electron chi connectivity index (χ0n) is 18.4. The maximum absolute atomic E-state index is 14.0. The van der Waals surface area contributed by atoms with Gasteiger partial charge in [-0.2, -0.15) is 9.61 Å². The van der Waals surface area contributed by atoms with Gasteiger partial charge in [-0.05, 0) is 37.3 Å². The molecule has 1 amide bonds. The Morgan fingerprint density at radius 2 is 1.80 bits per heavy atom. The SMILES string of the molecule is Cc1nnc2ccc(-c3ccc(NC(=O)c4c[nH]c(=O)n(Cc5ccccc5F)c4=O)cc3)nn12. The molecule has 0 aliphatic rings. The van der Waals surface area contributed by atoms with Crippen molar-refractivity contribution in [2.45, 2.75) is 13.5 Å². The fourth-order valence-electron chi connectivity index (χ4n) is 3.59. The van der Waals surface area contributed by atoms with Gasteiger partial charge in [0.25, 0.3) is 11.5 Å². The minimum absolute atomic E-state index is 0.154.